The Morgan fingerprint density at radius 1 is 1.18 bits per heavy atom. The summed E-state index contributed by atoms with van der Waals surface area (Å²) in [6.45, 7) is 8.25. The van der Waals surface area contributed by atoms with Crippen LogP contribution in [-0.4, -0.2) is 38.9 Å². The number of nitrogens with one attached hydrogen (secondary N) is 1. The molecule has 2 aromatic heterocycles. The standard InChI is InChI=1S/C20H23N5O3/c1-5-27-17-10-8-7-9-16(17)22-18-15(19(26)28-6-2)12-21-20(23-18)25-14(4)11-13(3)24-25/h7-12H,5-6H2,1-4H3,(H,21,22,23). The maximum atomic E-state index is 12.4. The summed E-state index contributed by atoms with van der Waals surface area (Å²) in [6, 6.07) is 9.38. The van der Waals surface area contributed by atoms with Gasteiger partial charge in [-0.2, -0.15) is 10.1 Å². The number of carbonyl (C=O) groups excluding carboxylic acids is 1. The SMILES string of the molecule is CCOC(=O)c1cnc(-n2nc(C)cc2C)nc1Nc1ccccc1OCC. The number of hydrogen-bond donors (Lipinski definition) is 1. The molecule has 146 valence electrons. The van der Waals surface area contributed by atoms with E-state index >= 15 is 0 Å². The lowest BCUT2D eigenvalue weighted by molar-refractivity contribution is 0.0526. The highest BCUT2D eigenvalue weighted by Crippen LogP contribution is 2.28. The van der Waals surface area contributed by atoms with Crippen LogP contribution in [0.4, 0.5) is 11.5 Å². The number of rotatable bonds is 7. The van der Waals surface area contributed by atoms with Gasteiger partial charge in [-0.15, -0.1) is 0 Å². The predicted octanol–water partition coefficient (Wildman–Crippen LogP) is 3.60. The van der Waals surface area contributed by atoms with Gasteiger partial charge in [0.2, 0.25) is 0 Å². The van der Waals surface area contributed by atoms with Crippen LogP contribution in [0, 0.1) is 13.8 Å². The third kappa shape index (κ3) is 4.11. The zero-order valence-electron chi connectivity index (χ0n) is 16.4. The number of aromatic nitrogens is 4. The lowest BCUT2D eigenvalue weighted by atomic mass is 10.2. The molecule has 3 aromatic rings. The van der Waals surface area contributed by atoms with Crippen LogP contribution >= 0.6 is 0 Å². The van der Waals surface area contributed by atoms with Gasteiger partial charge < -0.3 is 14.8 Å². The van der Waals surface area contributed by atoms with Crippen molar-refractivity contribution in [2.24, 2.45) is 0 Å². The molecule has 0 spiro atoms. The van der Waals surface area contributed by atoms with E-state index in [1.54, 1.807) is 11.6 Å². The molecule has 8 nitrogen and oxygen atoms in total. The van der Waals surface area contributed by atoms with E-state index in [0.717, 1.165) is 11.4 Å². The van der Waals surface area contributed by atoms with Crippen molar-refractivity contribution in [3.05, 3.63) is 53.5 Å². The summed E-state index contributed by atoms with van der Waals surface area (Å²) in [7, 11) is 0. The number of nitrogens with zero attached hydrogens (tertiary/aromatic N) is 4. The summed E-state index contributed by atoms with van der Waals surface area (Å²) in [5.41, 5.74) is 2.67. The molecule has 0 aliphatic rings. The van der Waals surface area contributed by atoms with Gasteiger partial charge in [-0.25, -0.2) is 14.5 Å². The fourth-order valence-electron chi connectivity index (χ4n) is 2.74. The summed E-state index contributed by atoms with van der Waals surface area (Å²) >= 11 is 0. The van der Waals surface area contributed by atoms with Gasteiger partial charge in [0, 0.05) is 11.9 Å². The van der Waals surface area contributed by atoms with Gasteiger partial charge in [0.25, 0.3) is 5.95 Å². The maximum absolute atomic E-state index is 12.4. The average Bonchev–Trinajstić information content (AvgIpc) is 3.02. The monoisotopic (exact) mass is 381 g/mol. The number of esters is 1. The number of carbonyl (C=O) groups is 1. The van der Waals surface area contributed by atoms with Crippen LogP contribution in [0.5, 0.6) is 5.75 Å². The van der Waals surface area contributed by atoms with Gasteiger partial charge in [-0.05, 0) is 45.9 Å². The molecule has 1 N–H and O–H groups in total. The minimum Gasteiger partial charge on any atom is -0.492 e. The van der Waals surface area contributed by atoms with Gasteiger partial charge in [0.15, 0.2) is 5.82 Å². The molecule has 0 bridgehead atoms. The highest BCUT2D eigenvalue weighted by molar-refractivity contribution is 5.95. The molecule has 2 heterocycles. The minimum atomic E-state index is -0.501. The van der Waals surface area contributed by atoms with Crippen molar-refractivity contribution >= 4 is 17.5 Å². The van der Waals surface area contributed by atoms with Crippen LogP contribution in [0.3, 0.4) is 0 Å². The van der Waals surface area contributed by atoms with Crippen molar-refractivity contribution in [2.75, 3.05) is 18.5 Å². The summed E-state index contributed by atoms with van der Waals surface area (Å²) in [4.78, 5) is 21.2. The Kier molecular flexibility index (Phi) is 5.88. The molecule has 0 radical (unpaired) electrons. The smallest absolute Gasteiger partial charge is 0.343 e. The molecule has 28 heavy (non-hydrogen) atoms. The van der Waals surface area contributed by atoms with E-state index in [4.69, 9.17) is 9.47 Å². The van der Waals surface area contributed by atoms with Crippen molar-refractivity contribution in [3.8, 4) is 11.7 Å². The second kappa shape index (κ2) is 8.51. The number of hydrogen-bond acceptors (Lipinski definition) is 7. The van der Waals surface area contributed by atoms with Gasteiger partial charge in [-0.1, -0.05) is 12.1 Å². The Hall–Kier alpha value is -3.42. The van der Waals surface area contributed by atoms with E-state index in [2.05, 4.69) is 20.4 Å². The van der Waals surface area contributed by atoms with Crippen LogP contribution in [0.25, 0.3) is 5.95 Å². The molecule has 0 atom stereocenters. The molecule has 0 saturated carbocycles. The summed E-state index contributed by atoms with van der Waals surface area (Å²) < 4.78 is 12.4. The molecule has 0 unspecified atom stereocenters. The lowest BCUT2D eigenvalue weighted by Crippen LogP contribution is -2.14. The summed E-state index contributed by atoms with van der Waals surface area (Å²) in [5.74, 6) is 0.836. The molecule has 0 saturated heterocycles. The normalized spacial score (nSPS) is 10.6. The van der Waals surface area contributed by atoms with E-state index in [1.165, 1.54) is 6.20 Å². The summed E-state index contributed by atoms with van der Waals surface area (Å²) in [6.07, 6.45) is 1.45. The van der Waals surface area contributed by atoms with Crippen LogP contribution in [0.1, 0.15) is 35.6 Å². The maximum Gasteiger partial charge on any atom is 0.343 e. The van der Waals surface area contributed by atoms with Crippen molar-refractivity contribution in [1.82, 2.24) is 19.7 Å². The minimum absolute atomic E-state index is 0.235. The first-order valence-electron chi connectivity index (χ1n) is 9.10. The third-order valence-corrected chi connectivity index (χ3v) is 3.91. The van der Waals surface area contributed by atoms with Crippen molar-refractivity contribution < 1.29 is 14.3 Å². The van der Waals surface area contributed by atoms with E-state index < -0.39 is 5.97 Å². The zero-order valence-corrected chi connectivity index (χ0v) is 16.4. The van der Waals surface area contributed by atoms with E-state index in [1.807, 2.05) is 51.1 Å². The molecule has 1 aromatic carbocycles. The van der Waals surface area contributed by atoms with Crippen LogP contribution in [-0.2, 0) is 4.74 Å². The molecule has 0 aliphatic heterocycles. The summed E-state index contributed by atoms with van der Waals surface area (Å²) in [5, 5.41) is 7.59. The van der Waals surface area contributed by atoms with E-state index in [-0.39, 0.29) is 12.2 Å². The molecule has 3 rings (SSSR count). The Balaban J connectivity index is 2.06. The van der Waals surface area contributed by atoms with Crippen molar-refractivity contribution in [3.63, 3.8) is 0 Å². The topological polar surface area (TPSA) is 91.2 Å². The van der Waals surface area contributed by atoms with E-state index in [9.17, 15) is 4.79 Å². The van der Waals surface area contributed by atoms with Gasteiger partial charge >= 0.3 is 5.97 Å². The number of anilines is 2. The number of para-hydroxylation sites is 2. The van der Waals surface area contributed by atoms with Gasteiger partial charge in [0.1, 0.15) is 11.3 Å². The fourth-order valence-corrected chi connectivity index (χ4v) is 2.74. The van der Waals surface area contributed by atoms with Gasteiger partial charge in [0.05, 0.1) is 24.6 Å². The first kappa shape index (κ1) is 19.3. The highest BCUT2D eigenvalue weighted by Gasteiger charge is 2.19. The second-order valence-electron chi connectivity index (χ2n) is 6.05. The molecular formula is C20H23N5O3. The lowest BCUT2D eigenvalue weighted by Gasteiger charge is -2.15. The van der Waals surface area contributed by atoms with Crippen LogP contribution in [0.2, 0.25) is 0 Å². The number of benzene rings is 1. The molecule has 0 fully saturated rings. The Morgan fingerprint density at radius 3 is 2.64 bits per heavy atom. The third-order valence-electron chi connectivity index (χ3n) is 3.91. The predicted molar refractivity (Wildman–Crippen MR) is 105 cm³/mol. The Labute approximate surface area is 163 Å². The molecular weight excluding hydrogens is 358 g/mol. The van der Waals surface area contributed by atoms with Crippen molar-refractivity contribution in [2.45, 2.75) is 27.7 Å². The molecule has 8 heteroatoms. The quantitative estimate of drug-likeness (QED) is 0.625. The largest absolute Gasteiger partial charge is 0.492 e. The first-order valence-corrected chi connectivity index (χ1v) is 9.10. The highest BCUT2D eigenvalue weighted by atomic mass is 16.5. The molecule has 0 amide bonds. The number of ether oxygens (including phenoxy) is 2. The average molecular weight is 381 g/mol. The fraction of sp³-hybridized carbons (Fsp3) is 0.300. The Bertz CT molecular complexity index is 984. The number of aryl methyl sites for hydroxylation is 2. The van der Waals surface area contributed by atoms with Crippen LogP contribution in [0.15, 0.2) is 36.5 Å². The van der Waals surface area contributed by atoms with Crippen molar-refractivity contribution in [1.29, 1.82) is 0 Å². The van der Waals surface area contributed by atoms with Crippen LogP contribution < -0.4 is 10.1 Å². The second-order valence-corrected chi connectivity index (χ2v) is 6.05. The zero-order chi connectivity index (χ0) is 20.1. The first-order chi connectivity index (χ1) is 13.5. The van der Waals surface area contributed by atoms with E-state index in [0.29, 0.717) is 29.8 Å². The Morgan fingerprint density at radius 2 is 1.96 bits per heavy atom. The molecule has 0 aliphatic carbocycles. The van der Waals surface area contributed by atoms with Gasteiger partial charge in [-0.3, -0.25) is 0 Å².